The molecule has 0 aliphatic rings. The summed E-state index contributed by atoms with van der Waals surface area (Å²) in [5, 5.41) is 0. The van der Waals surface area contributed by atoms with Gasteiger partial charge in [0.1, 0.15) is 11.3 Å². The summed E-state index contributed by atoms with van der Waals surface area (Å²) in [5.74, 6) is 1.39. The van der Waals surface area contributed by atoms with Crippen LogP contribution in [0.15, 0.2) is 40.9 Å². The smallest absolute Gasteiger partial charge is 0.247 e. The van der Waals surface area contributed by atoms with Crippen molar-refractivity contribution in [1.82, 2.24) is 9.97 Å². The van der Waals surface area contributed by atoms with Crippen molar-refractivity contribution in [3.05, 3.63) is 42.1 Å². The molecular weight excluding hydrogens is 228 g/mol. The zero-order valence-electron chi connectivity index (χ0n) is 10.2. The lowest BCUT2D eigenvalue weighted by Crippen LogP contribution is -1.82. The second-order valence-electron chi connectivity index (χ2n) is 4.03. The van der Waals surface area contributed by atoms with E-state index < -0.39 is 0 Å². The number of rotatable bonds is 2. The van der Waals surface area contributed by atoms with Crippen LogP contribution < -0.4 is 4.74 Å². The van der Waals surface area contributed by atoms with E-state index in [1.807, 2.05) is 37.3 Å². The highest BCUT2D eigenvalue weighted by molar-refractivity contribution is 5.75. The molecule has 2 aromatic heterocycles. The molecule has 0 saturated carbocycles. The first-order chi connectivity index (χ1) is 8.78. The zero-order chi connectivity index (χ0) is 12.5. The molecule has 90 valence electrons. The Balaban J connectivity index is 2.10. The molecule has 3 aromatic rings. The van der Waals surface area contributed by atoms with Crippen LogP contribution in [0.3, 0.4) is 0 Å². The number of nitrogens with zero attached hydrogens (tertiary/aromatic N) is 2. The Morgan fingerprint density at radius 3 is 2.56 bits per heavy atom. The topological polar surface area (TPSA) is 48.2 Å². The summed E-state index contributed by atoms with van der Waals surface area (Å²) in [6.45, 7) is 1.99. The molecule has 4 nitrogen and oxygen atoms in total. The number of hydrogen-bond donors (Lipinski definition) is 0. The molecule has 1 aromatic carbocycles. The normalized spacial score (nSPS) is 10.8. The van der Waals surface area contributed by atoms with Crippen molar-refractivity contribution in [2.75, 3.05) is 7.11 Å². The predicted molar refractivity (Wildman–Crippen MR) is 68.5 cm³/mol. The molecule has 0 fully saturated rings. The minimum atomic E-state index is 0.570. The van der Waals surface area contributed by atoms with Gasteiger partial charge in [0.15, 0.2) is 0 Å². The second-order valence-corrected chi connectivity index (χ2v) is 4.03. The van der Waals surface area contributed by atoms with Gasteiger partial charge in [-0.05, 0) is 42.8 Å². The molecule has 0 N–H and O–H groups in total. The maximum absolute atomic E-state index is 5.65. The van der Waals surface area contributed by atoms with E-state index in [1.165, 1.54) is 0 Å². The third-order valence-electron chi connectivity index (χ3n) is 2.84. The number of hydrogen-bond acceptors (Lipinski definition) is 4. The number of aryl methyl sites for hydroxylation is 1. The first kappa shape index (κ1) is 10.8. The van der Waals surface area contributed by atoms with Gasteiger partial charge >= 0.3 is 0 Å². The molecule has 0 aliphatic heterocycles. The van der Waals surface area contributed by atoms with Crippen molar-refractivity contribution in [2.24, 2.45) is 0 Å². The van der Waals surface area contributed by atoms with E-state index >= 15 is 0 Å². The number of benzene rings is 1. The molecule has 0 bridgehead atoms. The number of oxazole rings is 1. The van der Waals surface area contributed by atoms with Crippen LogP contribution in [0, 0.1) is 6.92 Å². The predicted octanol–water partition coefficient (Wildman–Crippen LogP) is 3.21. The number of methoxy groups -OCH3 is 1. The summed E-state index contributed by atoms with van der Waals surface area (Å²) in [6, 6.07) is 9.51. The van der Waals surface area contributed by atoms with Crippen molar-refractivity contribution in [3.8, 4) is 17.2 Å². The van der Waals surface area contributed by atoms with E-state index in [0.717, 1.165) is 22.4 Å². The molecule has 0 unspecified atom stereocenters. The van der Waals surface area contributed by atoms with E-state index in [1.54, 1.807) is 13.3 Å². The molecule has 0 atom stereocenters. The Morgan fingerprint density at radius 2 is 1.89 bits per heavy atom. The van der Waals surface area contributed by atoms with Crippen LogP contribution in [0.4, 0.5) is 0 Å². The van der Waals surface area contributed by atoms with Crippen molar-refractivity contribution >= 4 is 11.2 Å². The molecule has 4 heteroatoms. The molecule has 0 amide bonds. The van der Waals surface area contributed by atoms with E-state index in [4.69, 9.17) is 9.15 Å². The van der Waals surface area contributed by atoms with Crippen LogP contribution in [0.25, 0.3) is 22.7 Å². The number of ether oxygens (including phenoxy) is 1. The lowest BCUT2D eigenvalue weighted by Gasteiger charge is -1.99. The Hall–Kier alpha value is -2.36. The Morgan fingerprint density at radius 1 is 1.11 bits per heavy atom. The quantitative estimate of drug-likeness (QED) is 0.690. The van der Waals surface area contributed by atoms with Crippen molar-refractivity contribution in [3.63, 3.8) is 0 Å². The Kier molecular flexibility index (Phi) is 2.48. The number of aromatic nitrogens is 2. The highest BCUT2D eigenvalue weighted by Gasteiger charge is 2.10. The standard InChI is InChI=1S/C14H12N2O2/c1-9-7-8-15-14-12(9)16-13(18-14)10-3-5-11(17-2)6-4-10/h3-8H,1-2H3. The van der Waals surface area contributed by atoms with Gasteiger partial charge in [-0.2, -0.15) is 0 Å². The van der Waals surface area contributed by atoms with Crippen molar-refractivity contribution in [2.45, 2.75) is 6.92 Å². The van der Waals surface area contributed by atoms with E-state index in [9.17, 15) is 0 Å². The van der Waals surface area contributed by atoms with Gasteiger partial charge in [-0.25, -0.2) is 9.97 Å². The number of pyridine rings is 1. The Bertz CT molecular complexity index is 687. The van der Waals surface area contributed by atoms with Crippen LogP contribution in [0.5, 0.6) is 5.75 Å². The Labute approximate surface area is 104 Å². The molecular formula is C14H12N2O2. The van der Waals surface area contributed by atoms with Crippen LogP contribution in [-0.2, 0) is 0 Å². The molecule has 0 spiro atoms. The van der Waals surface area contributed by atoms with Gasteiger partial charge < -0.3 is 9.15 Å². The van der Waals surface area contributed by atoms with Crippen LogP contribution in [-0.4, -0.2) is 17.1 Å². The largest absolute Gasteiger partial charge is 0.497 e. The number of fused-ring (bicyclic) bond motifs is 1. The minimum Gasteiger partial charge on any atom is -0.497 e. The first-order valence-electron chi connectivity index (χ1n) is 5.64. The summed E-state index contributed by atoms with van der Waals surface area (Å²) in [5.41, 5.74) is 3.35. The molecule has 3 rings (SSSR count). The minimum absolute atomic E-state index is 0.570. The van der Waals surface area contributed by atoms with Crippen LogP contribution >= 0.6 is 0 Å². The summed E-state index contributed by atoms with van der Waals surface area (Å²) in [4.78, 5) is 8.64. The van der Waals surface area contributed by atoms with E-state index in [0.29, 0.717) is 11.6 Å². The van der Waals surface area contributed by atoms with Gasteiger partial charge in [-0.3, -0.25) is 0 Å². The molecule has 18 heavy (non-hydrogen) atoms. The summed E-state index contributed by atoms with van der Waals surface area (Å²) in [7, 11) is 1.64. The third-order valence-corrected chi connectivity index (χ3v) is 2.84. The fourth-order valence-corrected chi connectivity index (χ4v) is 1.81. The summed E-state index contributed by atoms with van der Waals surface area (Å²) < 4.78 is 10.8. The van der Waals surface area contributed by atoms with E-state index in [2.05, 4.69) is 9.97 Å². The summed E-state index contributed by atoms with van der Waals surface area (Å²) >= 11 is 0. The zero-order valence-corrected chi connectivity index (χ0v) is 10.2. The van der Waals surface area contributed by atoms with Crippen LogP contribution in [0.2, 0.25) is 0 Å². The molecule has 0 aliphatic carbocycles. The van der Waals surface area contributed by atoms with Gasteiger partial charge in [0.25, 0.3) is 0 Å². The lowest BCUT2D eigenvalue weighted by molar-refractivity contribution is 0.415. The highest BCUT2D eigenvalue weighted by Crippen LogP contribution is 2.25. The molecule has 0 saturated heterocycles. The van der Waals surface area contributed by atoms with Gasteiger partial charge in [0, 0.05) is 11.8 Å². The van der Waals surface area contributed by atoms with Gasteiger partial charge in [0.2, 0.25) is 11.6 Å². The SMILES string of the molecule is COc1ccc(-c2nc3c(C)ccnc3o2)cc1. The molecule has 0 radical (unpaired) electrons. The maximum atomic E-state index is 5.65. The molecule has 2 heterocycles. The van der Waals surface area contributed by atoms with Crippen molar-refractivity contribution in [1.29, 1.82) is 0 Å². The average Bonchev–Trinajstić information content (AvgIpc) is 2.84. The summed E-state index contributed by atoms with van der Waals surface area (Å²) in [6.07, 6.45) is 1.72. The van der Waals surface area contributed by atoms with Crippen molar-refractivity contribution < 1.29 is 9.15 Å². The first-order valence-corrected chi connectivity index (χ1v) is 5.64. The third kappa shape index (κ3) is 1.72. The monoisotopic (exact) mass is 240 g/mol. The highest BCUT2D eigenvalue weighted by atomic mass is 16.5. The van der Waals surface area contributed by atoms with Gasteiger partial charge in [-0.1, -0.05) is 0 Å². The van der Waals surface area contributed by atoms with Gasteiger partial charge in [0.05, 0.1) is 7.11 Å². The lowest BCUT2D eigenvalue weighted by atomic mass is 10.2. The van der Waals surface area contributed by atoms with E-state index in [-0.39, 0.29) is 0 Å². The second kappa shape index (κ2) is 4.14. The fourth-order valence-electron chi connectivity index (χ4n) is 1.81. The maximum Gasteiger partial charge on any atom is 0.247 e. The van der Waals surface area contributed by atoms with Crippen LogP contribution in [0.1, 0.15) is 5.56 Å². The fraction of sp³-hybridized carbons (Fsp3) is 0.143. The van der Waals surface area contributed by atoms with Gasteiger partial charge in [-0.15, -0.1) is 0 Å². The average molecular weight is 240 g/mol.